The number of rotatable bonds is 6. The van der Waals surface area contributed by atoms with Gasteiger partial charge in [-0.25, -0.2) is 8.42 Å². The molecular formula is C25H20F3N3O5S. The monoisotopic (exact) mass is 531 g/mol. The second-order valence-electron chi connectivity index (χ2n) is 8.44. The molecule has 0 spiro atoms. The van der Waals surface area contributed by atoms with Gasteiger partial charge in [-0.05, 0) is 54.4 Å². The van der Waals surface area contributed by atoms with Crippen molar-refractivity contribution in [3.05, 3.63) is 88.8 Å². The number of anilines is 1. The molecule has 37 heavy (non-hydrogen) atoms. The number of hydrogen-bond acceptors (Lipinski definition) is 6. The fourth-order valence-electron chi connectivity index (χ4n) is 4.11. The minimum Gasteiger partial charge on any atom is -0.406 e. The summed E-state index contributed by atoms with van der Waals surface area (Å²) in [6.45, 7) is 0.628. The van der Waals surface area contributed by atoms with Crippen molar-refractivity contribution < 1.29 is 30.8 Å². The summed E-state index contributed by atoms with van der Waals surface area (Å²) in [7, 11) is -3.32. The van der Waals surface area contributed by atoms with E-state index in [2.05, 4.69) is 9.89 Å². The zero-order chi connectivity index (χ0) is 26.2. The molecule has 5 rings (SSSR count). The van der Waals surface area contributed by atoms with Crippen LogP contribution in [0.2, 0.25) is 0 Å². The lowest BCUT2D eigenvalue weighted by atomic mass is 10.1. The topological polar surface area (TPSA) is 94.6 Å². The van der Waals surface area contributed by atoms with E-state index in [-0.39, 0.29) is 23.6 Å². The fraction of sp³-hybridized carbons (Fsp3) is 0.200. The molecule has 1 aliphatic rings. The second kappa shape index (κ2) is 9.43. The first-order valence-electron chi connectivity index (χ1n) is 11.2. The number of halogens is 3. The largest absolute Gasteiger partial charge is 0.573 e. The highest BCUT2D eigenvalue weighted by Gasteiger charge is 2.31. The molecule has 2 aromatic carbocycles. The van der Waals surface area contributed by atoms with Crippen molar-refractivity contribution in [2.75, 3.05) is 16.6 Å². The normalized spacial score (nSPS) is 15.2. The van der Waals surface area contributed by atoms with E-state index in [1.54, 1.807) is 36.5 Å². The SMILES string of the molecule is O=c1ccc(-c2cc(-c3ccc(OC(F)(F)F)cc3)no2)cn1Cc1cccc(N2CCCS2(=O)=O)c1. The van der Waals surface area contributed by atoms with Gasteiger partial charge >= 0.3 is 6.36 Å². The number of benzene rings is 2. The van der Waals surface area contributed by atoms with Gasteiger partial charge in [0.25, 0.3) is 5.56 Å². The summed E-state index contributed by atoms with van der Waals surface area (Å²) in [6.07, 6.45) is -2.61. The van der Waals surface area contributed by atoms with Crippen LogP contribution in [0, 0.1) is 0 Å². The molecule has 2 aromatic heterocycles. The number of nitrogens with zero attached hydrogens (tertiary/aromatic N) is 3. The highest BCUT2D eigenvalue weighted by Crippen LogP contribution is 2.29. The van der Waals surface area contributed by atoms with Crippen LogP contribution in [0.25, 0.3) is 22.6 Å². The third-order valence-corrected chi connectivity index (χ3v) is 7.68. The molecule has 1 fully saturated rings. The molecule has 0 amide bonds. The van der Waals surface area contributed by atoms with Gasteiger partial charge < -0.3 is 13.8 Å². The lowest BCUT2D eigenvalue weighted by molar-refractivity contribution is -0.274. The molecule has 0 aliphatic carbocycles. The molecule has 192 valence electrons. The van der Waals surface area contributed by atoms with Gasteiger partial charge in [-0.2, -0.15) is 0 Å². The van der Waals surface area contributed by atoms with E-state index in [1.165, 1.54) is 39.2 Å². The Morgan fingerprint density at radius 2 is 1.76 bits per heavy atom. The van der Waals surface area contributed by atoms with Crippen molar-refractivity contribution in [2.45, 2.75) is 19.3 Å². The van der Waals surface area contributed by atoms with Gasteiger partial charge in [0.05, 0.1) is 18.0 Å². The third-order valence-electron chi connectivity index (χ3n) is 5.81. The maximum absolute atomic E-state index is 12.5. The van der Waals surface area contributed by atoms with Gasteiger partial charge in [0.1, 0.15) is 11.4 Å². The van der Waals surface area contributed by atoms with Gasteiger partial charge in [-0.3, -0.25) is 9.10 Å². The van der Waals surface area contributed by atoms with E-state index in [4.69, 9.17) is 4.52 Å². The summed E-state index contributed by atoms with van der Waals surface area (Å²) < 4.78 is 73.8. The van der Waals surface area contributed by atoms with Crippen LogP contribution in [0.4, 0.5) is 18.9 Å². The smallest absolute Gasteiger partial charge is 0.406 e. The van der Waals surface area contributed by atoms with Crippen LogP contribution in [0.3, 0.4) is 0 Å². The molecule has 0 saturated carbocycles. The molecule has 12 heteroatoms. The first-order valence-corrected chi connectivity index (χ1v) is 12.8. The van der Waals surface area contributed by atoms with Crippen LogP contribution in [-0.4, -0.2) is 36.8 Å². The predicted molar refractivity (Wildman–Crippen MR) is 130 cm³/mol. The van der Waals surface area contributed by atoms with E-state index in [0.29, 0.717) is 41.2 Å². The van der Waals surface area contributed by atoms with Crippen LogP contribution in [0.5, 0.6) is 5.75 Å². The van der Waals surface area contributed by atoms with E-state index >= 15 is 0 Å². The first kappa shape index (κ1) is 24.6. The van der Waals surface area contributed by atoms with Crippen molar-refractivity contribution in [1.82, 2.24) is 9.72 Å². The Balaban J connectivity index is 1.36. The highest BCUT2D eigenvalue weighted by atomic mass is 32.2. The zero-order valence-electron chi connectivity index (χ0n) is 19.2. The summed E-state index contributed by atoms with van der Waals surface area (Å²) in [5.74, 6) is 0.123. The van der Waals surface area contributed by atoms with Gasteiger partial charge in [-0.1, -0.05) is 17.3 Å². The first-order chi connectivity index (χ1) is 17.6. The van der Waals surface area contributed by atoms with Crippen molar-refractivity contribution in [3.63, 3.8) is 0 Å². The van der Waals surface area contributed by atoms with Gasteiger partial charge in [-0.15, -0.1) is 13.2 Å². The Labute approximate surface area is 209 Å². The van der Waals surface area contributed by atoms with Crippen molar-refractivity contribution in [2.24, 2.45) is 0 Å². The number of aromatic nitrogens is 2. The lowest BCUT2D eigenvalue weighted by Crippen LogP contribution is -2.25. The van der Waals surface area contributed by atoms with Crippen LogP contribution in [-0.2, 0) is 16.6 Å². The van der Waals surface area contributed by atoms with Gasteiger partial charge in [0.2, 0.25) is 10.0 Å². The summed E-state index contributed by atoms with van der Waals surface area (Å²) in [6, 6.07) is 16.8. The average molecular weight is 532 g/mol. The molecule has 8 nitrogen and oxygen atoms in total. The summed E-state index contributed by atoms with van der Waals surface area (Å²) in [5, 5.41) is 3.98. The predicted octanol–water partition coefficient (Wildman–Crippen LogP) is 4.66. The standard InChI is InChI=1S/C25H20F3N3O5S/c26-25(27,28)35-21-8-5-18(6-9-21)22-14-23(36-29-22)19-7-10-24(32)30(16-19)15-17-3-1-4-20(13-17)31-11-2-12-37(31,33)34/h1,3-10,13-14,16H,2,11-12,15H2. The van der Waals surface area contributed by atoms with E-state index in [1.807, 2.05) is 6.07 Å². The van der Waals surface area contributed by atoms with Crippen molar-refractivity contribution in [3.8, 4) is 28.3 Å². The van der Waals surface area contributed by atoms with Crippen molar-refractivity contribution in [1.29, 1.82) is 0 Å². The number of hydrogen-bond donors (Lipinski definition) is 0. The molecule has 1 saturated heterocycles. The van der Waals surface area contributed by atoms with Crippen molar-refractivity contribution >= 4 is 15.7 Å². The molecule has 0 bridgehead atoms. The Bertz CT molecular complexity index is 1590. The quantitative estimate of drug-likeness (QED) is 0.359. The molecule has 0 radical (unpaired) electrons. The molecule has 1 aliphatic heterocycles. The number of ether oxygens (including phenoxy) is 1. The maximum atomic E-state index is 12.5. The van der Waals surface area contributed by atoms with E-state index < -0.39 is 16.4 Å². The van der Waals surface area contributed by atoms with Crippen LogP contribution < -0.4 is 14.6 Å². The Kier molecular flexibility index (Phi) is 6.28. The molecule has 0 unspecified atom stereocenters. The van der Waals surface area contributed by atoms with E-state index in [0.717, 1.165) is 5.56 Å². The van der Waals surface area contributed by atoms with Crippen LogP contribution in [0.1, 0.15) is 12.0 Å². The molecule has 4 aromatic rings. The summed E-state index contributed by atoms with van der Waals surface area (Å²) in [5.41, 5.74) is 2.53. The van der Waals surface area contributed by atoms with Crippen LogP contribution >= 0.6 is 0 Å². The molecule has 3 heterocycles. The molecule has 0 N–H and O–H groups in total. The maximum Gasteiger partial charge on any atom is 0.573 e. The summed E-state index contributed by atoms with van der Waals surface area (Å²) in [4.78, 5) is 12.5. The summed E-state index contributed by atoms with van der Waals surface area (Å²) >= 11 is 0. The zero-order valence-corrected chi connectivity index (χ0v) is 20.0. The van der Waals surface area contributed by atoms with Crippen LogP contribution in [0.15, 0.2) is 82.2 Å². The molecular weight excluding hydrogens is 511 g/mol. The molecule has 0 atom stereocenters. The minimum absolute atomic E-state index is 0.114. The number of pyridine rings is 1. The highest BCUT2D eigenvalue weighted by molar-refractivity contribution is 7.93. The second-order valence-corrected chi connectivity index (χ2v) is 10.5. The lowest BCUT2D eigenvalue weighted by Gasteiger charge is -2.18. The van der Waals surface area contributed by atoms with E-state index in [9.17, 15) is 26.4 Å². The van der Waals surface area contributed by atoms with Gasteiger partial charge in [0.15, 0.2) is 5.76 Å². The Morgan fingerprint density at radius 3 is 2.46 bits per heavy atom. The number of sulfonamides is 1. The Morgan fingerprint density at radius 1 is 1.00 bits per heavy atom. The fourth-order valence-corrected chi connectivity index (χ4v) is 5.67. The third kappa shape index (κ3) is 5.53. The minimum atomic E-state index is -4.78. The van der Waals surface area contributed by atoms with Gasteiger partial charge in [0, 0.05) is 36.0 Å². The average Bonchev–Trinajstić information content (AvgIpc) is 3.47. The Hall–Kier alpha value is -4.06. The number of alkyl halides is 3.